The number of hydrogen-bond donors (Lipinski definition) is 1. The van der Waals surface area contributed by atoms with Crippen LogP contribution in [-0.2, 0) is 11.3 Å². The van der Waals surface area contributed by atoms with E-state index in [1.807, 2.05) is 62.4 Å². The summed E-state index contributed by atoms with van der Waals surface area (Å²) in [5, 5.41) is 2.82. The van der Waals surface area contributed by atoms with Crippen LogP contribution in [0.25, 0.3) is 11.3 Å². The molecule has 0 saturated carbocycles. The van der Waals surface area contributed by atoms with Crippen LogP contribution in [0.2, 0.25) is 0 Å². The van der Waals surface area contributed by atoms with E-state index in [1.165, 1.54) is 17.0 Å². The lowest BCUT2D eigenvalue weighted by Crippen LogP contribution is -2.27. The minimum Gasteiger partial charge on any atom is -0.325 e. The molecular formula is C20H19N3O2. The number of amides is 1. The molecule has 0 unspecified atom stereocenters. The zero-order valence-corrected chi connectivity index (χ0v) is 14.2. The molecule has 0 fully saturated rings. The molecule has 1 N–H and O–H groups in total. The molecule has 0 bridgehead atoms. The monoisotopic (exact) mass is 333 g/mol. The molecule has 0 radical (unpaired) electrons. The first-order valence-corrected chi connectivity index (χ1v) is 8.01. The maximum atomic E-state index is 12.3. The van der Waals surface area contributed by atoms with Gasteiger partial charge in [0.25, 0.3) is 5.56 Å². The van der Waals surface area contributed by atoms with E-state index in [0.29, 0.717) is 5.69 Å². The topological polar surface area (TPSA) is 64.0 Å². The molecule has 5 nitrogen and oxygen atoms in total. The van der Waals surface area contributed by atoms with Crippen molar-refractivity contribution in [1.29, 1.82) is 0 Å². The zero-order chi connectivity index (χ0) is 17.8. The van der Waals surface area contributed by atoms with Gasteiger partial charge in [-0.3, -0.25) is 14.2 Å². The summed E-state index contributed by atoms with van der Waals surface area (Å²) in [6, 6.07) is 16.7. The molecule has 126 valence electrons. The van der Waals surface area contributed by atoms with Gasteiger partial charge in [-0.05, 0) is 37.1 Å². The van der Waals surface area contributed by atoms with Crippen LogP contribution in [0.3, 0.4) is 0 Å². The number of anilines is 1. The van der Waals surface area contributed by atoms with Crippen LogP contribution in [0.15, 0.2) is 65.7 Å². The Bertz CT molecular complexity index is 942. The Labute approximate surface area is 146 Å². The molecule has 0 aliphatic rings. The fourth-order valence-electron chi connectivity index (χ4n) is 2.71. The molecule has 3 aromatic rings. The van der Waals surface area contributed by atoms with Gasteiger partial charge in [-0.1, -0.05) is 36.4 Å². The highest BCUT2D eigenvalue weighted by Crippen LogP contribution is 2.14. The summed E-state index contributed by atoms with van der Waals surface area (Å²) >= 11 is 0. The van der Waals surface area contributed by atoms with Crippen molar-refractivity contribution < 1.29 is 4.79 Å². The van der Waals surface area contributed by atoms with E-state index in [2.05, 4.69) is 10.3 Å². The number of carbonyl (C=O) groups excluding carboxylic acids is 1. The molecular weight excluding hydrogens is 314 g/mol. The number of aryl methyl sites for hydroxylation is 2. The number of benzene rings is 2. The maximum absolute atomic E-state index is 12.3. The lowest BCUT2D eigenvalue weighted by molar-refractivity contribution is -0.116. The Morgan fingerprint density at radius 2 is 1.72 bits per heavy atom. The molecule has 5 heteroatoms. The lowest BCUT2D eigenvalue weighted by atomic mass is 10.1. The molecule has 3 rings (SSSR count). The molecule has 1 amide bonds. The summed E-state index contributed by atoms with van der Waals surface area (Å²) in [4.78, 5) is 28.7. The average Bonchev–Trinajstić information content (AvgIpc) is 2.56. The van der Waals surface area contributed by atoms with Crippen LogP contribution in [0, 0.1) is 13.8 Å². The highest BCUT2D eigenvalue weighted by Gasteiger charge is 2.08. The third-order valence-corrected chi connectivity index (χ3v) is 3.77. The summed E-state index contributed by atoms with van der Waals surface area (Å²) in [6.45, 7) is 3.87. The van der Waals surface area contributed by atoms with Gasteiger partial charge in [-0.2, -0.15) is 0 Å². The third-order valence-electron chi connectivity index (χ3n) is 3.77. The summed E-state index contributed by atoms with van der Waals surface area (Å²) in [5.74, 6) is -0.263. The van der Waals surface area contributed by atoms with Gasteiger partial charge in [0.15, 0.2) is 0 Å². The smallest absolute Gasteiger partial charge is 0.254 e. The van der Waals surface area contributed by atoms with Gasteiger partial charge in [-0.15, -0.1) is 0 Å². The Hall–Kier alpha value is -3.21. The molecule has 1 heterocycles. The van der Waals surface area contributed by atoms with Crippen molar-refractivity contribution in [3.05, 3.63) is 82.4 Å². The van der Waals surface area contributed by atoms with Gasteiger partial charge < -0.3 is 5.32 Å². The first kappa shape index (κ1) is 16.6. The predicted octanol–water partition coefficient (Wildman–Crippen LogP) is 3.17. The Morgan fingerprint density at radius 1 is 1.04 bits per heavy atom. The minimum atomic E-state index is -0.263. The highest BCUT2D eigenvalue weighted by atomic mass is 16.2. The first-order chi connectivity index (χ1) is 12.0. The highest BCUT2D eigenvalue weighted by molar-refractivity contribution is 5.90. The SMILES string of the molecule is Cc1cc(C)cc(NC(=O)Cn2cnc(-c3ccccc3)cc2=O)c1. The van der Waals surface area contributed by atoms with E-state index in [1.54, 1.807) is 0 Å². The number of nitrogens with zero attached hydrogens (tertiary/aromatic N) is 2. The van der Waals surface area contributed by atoms with Crippen molar-refractivity contribution in [2.75, 3.05) is 5.32 Å². The Kier molecular flexibility index (Phi) is 4.75. The largest absolute Gasteiger partial charge is 0.325 e. The molecule has 25 heavy (non-hydrogen) atoms. The normalized spacial score (nSPS) is 10.5. The fourth-order valence-corrected chi connectivity index (χ4v) is 2.71. The van der Waals surface area contributed by atoms with Gasteiger partial charge in [0.05, 0.1) is 12.0 Å². The van der Waals surface area contributed by atoms with Crippen LogP contribution in [0.4, 0.5) is 5.69 Å². The van der Waals surface area contributed by atoms with E-state index in [-0.39, 0.29) is 18.0 Å². The van der Waals surface area contributed by atoms with Crippen molar-refractivity contribution in [2.24, 2.45) is 0 Å². The zero-order valence-electron chi connectivity index (χ0n) is 14.2. The third kappa shape index (κ3) is 4.20. The second-order valence-electron chi connectivity index (χ2n) is 6.03. The van der Waals surface area contributed by atoms with Crippen molar-refractivity contribution in [3.63, 3.8) is 0 Å². The van der Waals surface area contributed by atoms with E-state index >= 15 is 0 Å². The fraction of sp³-hybridized carbons (Fsp3) is 0.150. The van der Waals surface area contributed by atoms with Crippen molar-refractivity contribution in [1.82, 2.24) is 9.55 Å². The van der Waals surface area contributed by atoms with E-state index in [4.69, 9.17) is 0 Å². The number of hydrogen-bond acceptors (Lipinski definition) is 3. The Morgan fingerprint density at radius 3 is 2.36 bits per heavy atom. The molecule has 0 atom stereocenters. The number of aromatic nitrogens is 2. The van der Waals surface area contributed by atoms with Crippen LogP contribution in [0.1, 0.15) is 11.1 Å². The van der Waals surface area contributed by atoms with Crippen LogP contribution in [0.5, 0.6) is 0 Å². The van der Waals surface area contributed by atoms with E-state index in [9.17, 15) is 9.59 Å². The van der Waals surface area contributed by atoms with Gasteiger partial charge >= 0.3 is 0 Å². The quantitative estimate of drug-likeness (QED) is 0.797. The van der Waals surface area contributed by atoms with Gasteiger partial charge in [0, 0.05) is 17.3 Å². The Balaban J connectivity index is 1.74. The molecule has 0 spiro atoms. The molecule has 2 aromatic carbocycles. The average molecular weight is 333 g/mol. The van der Waals surface area contributed by atoms with Crippen molar-refractivity contribution in [3.8, 4) is 11.3 Å². The number of nitrogens with one attached hydrogen (secondary N) is 1. The van der Waals surface area contributed by atoms with Crippen molar-refractivity contribution in [2.45, 2.75) is 20.4 Å². The van der Waals surface area contributed by atoms with Gasteiger partial charge in [0.2, 0.25) is 5.91 Å². The maximum Gasteiger partial charge on any atom is 0.254 e. The van der Waals surface area contributed by atoms with Gasteiger partial charge in [-0.25, -0.2) is 4.98 Å². The number of carbonyl (C=O) groups is 1. The molecule has 1 aromatic heterocycles. The first-order valence-electron chi connectivity index (χ1n) is 8.01. The van der Waals surface area contributed by atoms with Crippen LogP contribution in [-0.4, -0.2) is 15.5 Å². The summed E-state index contributed by atoms with van der Waals surface area (Å²) in [7, 11) is 0. The standard InChI is InChI=1S/C20H19N3O2/c1-14-8-15(2)10-17(9-14)22-19(24)12-23-13-21-18(11-20(23)25)16-6-4-3-5-7-16/h3-11,13H,12H2,1-2H3,(H,22,24). The lowest BCUT2D eigenvalue weighted by Gasteiger charge is -2.09. The van der Waals surface area contributed by atoms with Gasteiger partial charge in [0.1, 0.15) is 6.54 Å². The minimum absolute atomic E-state index is 0.0755. The molecule has 0 aliphatic carbocycles. The van der Waals surface area contributed by atoms with E-state index in [0.717, 1.165) is 22.4 Å². The van der Waals surface area contributed by atoms with Crippen molar-refractivity contribution >= 4 is 11.6 Å². The second kappa shape index (κ2) is 7.13. The summed E-state index contributed by atoms with van der Waals surface area (Å²) in [6.07, 6.45) is 1.41. The number of rotatable bonds is 4. The predicted molar refractivity (Wildman–Crippen MR) is 98.5 cm³/mol. The van der Waals surface area contributed by atoms with Crippen LogP contribution >= 0.6 is 0 Å². The van der Waals surface area contributed by atoms with Crippen LogP contribution < -0.4 is 10.9 Å². The molecule has 0 saturated heterocycles. The van der Waals surface area contributed by atoms with E-state index < -0.39 is 0 Å². The summed E-state index contributed by atoms with van der Waals surface area (Å²) < 4.78 is 1.30. The second-order valence-corrected chi connectivity index (χ2v) is 6.03. The summed E-state index contributed by atoms with van der Waals surface area (Å²) in [5.41, 5.74) is 4.07. The molecule has 0 aliphatic heterocycles.